The van der Waals surface area contributed by atoms with Gasteiger partial charge in [0.15, 0.2) is 0 Å². The van der Waals surface area contributed by atoms with Crippen LogP contribution in [0.1, 0.15) is 12.8 Å². The molecule has 0 saturated carbocycles. The third kappa shape index (κ3) is 12.6. The predicted octanol–water partition coefficient (Wildman–Crippen LogP) is 1.63. The van der Waals surface area contributed by atoms with Gasteiger partial charge in [0.05, 0.1) is 0 Å². The molecule has 0 aliphatic carbocycles. The van der Waals surface area contributed by atoms with Crippen molar-refractivity contribution in [1.82, 2.24) is 8.01 Å². The summed E-state index contributed by atoms with van der Waals surface area (Å²) in [6.45, 7) is 4.00. The van der Waals surface area contributed by atoms with Gasteiger partial charge in [0.2, 0.25) is 0 Å². The molecule has 0 rings (SSSR count). The average molecular weight is 300 g/mol. The summed E-state index contributed by atoms with van der Waals surface area (Å²) in [7, 11) is 6.25. The number of halogens is 1. The number of ether oxygens (including phenoxy) is 1. The highest BCUT2D eigenvalue weighted by atomic mass is 127. The molecule has 0 bridgehead atoms. The lowest BCUT2D eigenvalue weighted by molar-refractivity contribution is 0.122. The second-order valence-electron chi connectivity index (χ2n) is 3.45. The molecule has 3 nitrogen and oxygen atoms in total. The van der Waals surface area contributed by atoms with Crippen LogP contribution in [0.15, 0.2) is 0 Å². The van der Waals surface area contributed by atoms with Crippen LogP contribution in [0.25, 0.3) is 0 Å². The minimum absolute atomic E-state index is 0.890. The van der Waals surface area contributed by atoms with Crippen LogP contribution in [0.4, 0.5) is 0 Å². The molecule has 0 aromatic carbocycles. The van der Waals surface area contributed by atoms with E-state index in [2.05, 4.69) is 52.0 Å². The molecule has 4 heteroatoms. The average Bonchev–Trinajstić information content (AvgIpc) is 2.01. The van der Waals surface area contributed by atoms with Gasteiger partial charge in [0.1, 0.15) is 0 Å². The molecule has 0 radical (unpaired) electrons. The molecule has 0 saturated heterocycles. The molecule has 0 aliphatic heterocycles. The fourth-order valence-electron chi connectivity index (χ4n) is 0.969. The molecule has 0 unspecified atom stereocenters. The molecule has 0 aliphatic rings. The van der Waals surface area contributed by atoms with E-state index in [1.165, 1.54) is 0 Å². The monoisotopic (exact) mass is 300 g/mol. The number of rotatable bonds is 8. The van der Waals surface area contributed by atoms with Crippen LogP contribution in [-0.2, 0) is 4.74 Å². The van der Waals surface area contributed by atoms with Crippen LogP contribution in [0.5, 0.6) is 0 Å². The molecule has 0 aromatic heterocycles. The van der Waals surface area contributed by atoms with E-state index in [1.807, 2.05) is 0 Å². The highest BCUT2D eigenvalue weighted by molar-refractivity contribution is 14.1. The van der Waals surface area contributed by atoms with E-state index in [1.54, 1.807) is 0 Å². The lowest BCUT2D eigenvalue weighted by Crippen LogP contribution is -2.15. The summed E-state index contributed by atoms with van der Waals surface area (Å²) < 4.78 is 7.63. The third-order valence-corrected chi connectivity index (χ3v) is 2.13. The van der Waals surface area contributed by atoms with Gasteiger partial charge in [-0.2, -0.15) is 0 Å². The van der Waals surface area contributed by atoms with Gasteiger partial charge < -0.3 is 9.64 Å². The fourth-order valence-corrected chi connectivity index (χ4v) is 1.31. The Kier molecular flexibility index (Phi) is 9.61. The largest absolute Gasteiger partial charge is 0.381 e. The van der Waals surface area contributed by atoms with Gasteiger partial charge in [0, 0.05) is 42.6 Å². The van der Waals surface area contributed by atoms with Crippen molar-refractivity contribution in [1.29, 1.82) is 0 Å². The molecule has 0 amide bonds. The van der Waals surface area contributed by atoms with Gasteiger partial charge in [-0.25, -0.2) is 0 Å². The fraction of sp³-hybridized carbons (Fsp3) is 1.00. The second kappa shape index (κ2) is 9.18. The Morgan fingerprint density at radius 1 is 1.00 bits per heavy atom. The summed E-state index contributed by atoms with van der Waals surface area (Å²) >= 11 is 2.29. The van der Waals surface area contributed by atoms with Crippen molar-refractivity contribution >= 4 is 22.9 Å². The Labute approximate surface area is 95.9 Å². The van der Waals surface area contributed by atoms with Crippen molar-refractivity contribution in [2.45, 2.75) is 12.8 Å². The van der Waals surface area contributed by atoms with Crippen LogP contribution >= 0.6 is 22.9 Å². The maximum absolute atomic E-state index is 5.48. The van der Waals surface area contributed by atoms with Crippen molar-refractivity contribution in [2.24, 2.45) is 0 Å². The zero-order chi connectivity index (χ0) is 10.1. The molecular weight excluding hydrogens is 279 g/mol. The van der Waals surface area contributed by atoms with Crippen molar-refractivity contribution in [3.8, 4) is 0 Å². The maximum atomic E-state index is 5.48. The van der Waals surface area contributed by atoms with Crippen LogP contribution < -0.4 is 0 Å². The molecule has 0 N–H and O–H groups in total. The third-order valence-electron chi connectivity index (χ3n) is 1.65. The van der Waals surface area contributed by atoms with E-state index in [9.17, 15) is 0 Å². The summed E-state index contributed by atoms with van der Waals surface area (Å²) in [5, 5.41) is 0. The number of hydrogen-bond donors (Lipinski definition) is 0. The molecule has 0 atom stereocenters. The summed E-state index contributed by atoms with van der Waals surface area (Å²) in [5.41, 5.74) is 0. The minimum atomic E-state index is 0.890. The quantitative estimate of drug-likeness (QED) is 0.385. The first-order valence-electron chi connectivity index (χ1n) is 4.72. The molecule has 0 fully saturated rings. The van der Waals surface area contributed by atoms with E-state index < -0.39 is 0 Å². The van der Waals surface area contributed by atoms with E-state index >= 15 is 0 Å². The zero-order valence-electron chi connectivity index (χ0n) is 8.92. The smallest absolute Gasteiger partial charge is 0.0478 e. The van der Waals surface area contributed by atoms with Gasteiger partial charge in [-0.3, -0.25) is 3.11 Å². The predicted molar refractivity (Wildman–Crippen MR) is 65.3 cm³/mol. The van der Waals surface area contributed by atoms with Crippen molar-refractivity contribution in [3.63, 3.8) is 0 Å². The summed E-state index contributed by atoms with van der Waals surface area (Å²) in [5.74, 6) is 0. The Hall–Kier alpha value is 0.610. The normalized spacial score (nSPS) is 11.5. The van der Waals surface area contributed by atoms with E-state index in [-0.39, 0.29) is 0 Å². The van der Waals surface area contributed by atoms with Gasteiger partial charge in [-0.05, 0) is 40.5 Å². The summed E-state index contributed by atoms with van der Waals surface area (Å²) in [6, 6.07) is 0. The first-order valence-corrected chi connectivity index (χ1v) is 5.69. The van der Waals surface area contributed by atoms with Crippen molar-refractivity contribution < 1.29 is 4.74 Å². The molecule has 0 spiro atoms. The van der Waals surface area contributed by atoms with Crippen molar-refractivity contribution in [3.05, 3.63) is 0 Å². The van der Waals surface area contributed by atoms with Crippen molar-refractivity contribution in [2.75, 3.05) is 47.4 Å². The zero-order valence-corrected chi connectivity index (χ0v) is 11.1. The van der Waals surface area contributed by atoms with Gasteiger partial charge in [-0.15, -0.1) is 0 Å². The minimum Gasteiger partial charge on any atom is -0.381 e. The highest BCUT2D eigenvalue weighted by Crippen LogP contribution is 1.95. The Bertz CT molecular complexity index is 97.8. The second-order valence-corrected chi connectivity index (χ2v) is 5.10. The lowest BCUT2D eigenvalue weighted by Gasteiger charge is -2.10. The first kappa shape index (κ1) is 13.6. The molecule has 13 heavy (non-hydrogen) atoms. The Balaban J connectivity index is 2.92. The molecular formula is C9H21IN2O. The first-order chi connectivity index (χ1) is 6.13. The molecule has 80 valence electrons. The van der Waals surface area contributed by atoms with Crippen LogP contribution in [0.2, 0.25) is 0 Å². The van der Waals surface area contributed by atoms with Gasteiger partial charge in [0.25, 0.3) is 0 Å². The molecule has 0 aromatic rings. The molecule has 0 heterocycles. The van der Waals surface area contributed by atoms with Crippen LogP contribution in [-0.4, -0.2) is 55.5 Å². The van der Waals surface area contributed by atoms with Crippen LogP contribution in [0.3, 0.4) is 0 Å². The van der Waals surface area contributed by atoms with E-state index in [0.717, 1.165) is 39.1 Å². The SMILES string of the molecule is CN(C)CCCOCCCN(C)I. The van der Waals surface area contributed by atoms with E-state index in [0.29, 0.717) is 0 Å². The van der Waals surface area contributed by atoms with Gasteiger partial charge >= 0.3 is 0 Å². The van der Waals surface area contributed by atoms with E-state index in [4.69, 9.17) is 4.74 Å². The maximum Gasteiger partial charge on any atom is 0.0478 e. The van der Waals surface area contributed by atoms with Gasteiger partial charge in [-0.1, -0.05) is 0 Å². The summed E-state index contributed by atoms with van der Waals surface area (Å²) in [4.78, 5) is 2.18. The number of hydrogen-bond acceptors (Lipinski definition) is 3. The van der Waals surface area contributed by atoms with Crippen LogP contribution in [0, 0.1) is 0 Å². The number of nitrogens with zero attached hydrogens (tertiary/aromatic N) is 2. The topological polar surface area (TPSA) is 15.7 Å². The Morgan fingerprint density at radius 3 is 2.00 bits per heavy atom. The standard InChI is InChI=1S/C9H21IN2O/c1-11(2)6-4-8-13-9-5-7-12(3)10/h4-9H2,1-3H3. The summed E-state index contributed by atoms with van der Waals surface area (Å²) in [6.07, 6.45) is 2.26. The highest BCUT2D eigenvalue weighted by Gasteiger charge is 1.93. The lowest BCUT2D eigenvalue weighted by atomic mass is 10.4. The Morgan fingerprint density at radius 2 is 1.54 bits per heavy atom.